The van der Waals surface area contributed by atoms with E-state index in [2.05, 4.69) is 4.98 Å². The third-order valence-corrected chi connectivity index (χ3v) is 2.13. The van der Waals surface area contributed by atoms with Gasteiger partial charge in [0.15, 0.2) is 0 Å². The van der Waals surface area contributed by atoms with Gasteiger partial charge < -0.3 is 0 Å². The maximum atomic E-state index is 5.84. The van der Waals surface area contributed by atoms with E-state index in [-0.39, 0.29) is 0 Å². The van der Waals surface area contributed by atoms with Crippen LogP contribution in [0.2, 0.25) is 10.3 Å². The fourth-order valence-corrected chi connectivity index (χ4v) is 1.71. The molecule has 1 rings (SSSR count). The maximum Gasteiger partial charge on any atom is 0.134 e. The van der Waals surface area contributed by atoms with Gasteiger partial charge in [-0.3, -0.25) is 0 Å². The molecule has 0 aliphatic heterocycles. The van der Waals surface area contributed by atoms with E-state index in [1.54, 1.807) is 0 Å². The Morgan fingerprint density at radius 1 is 1.31 bits per heavy atom. The van der Waals surface area contributed by atoms with Gasteiger partial charge in [0.2, 0.25) is 0 Å². The zero-order chi connectivity index (χ0) is 10.4. The first-order valence-electron chi connectivity index (χ1n) is 4.46. The van der Waals surface area contributed by atoms with Crippen LogP contribution in [0.4, 0.5) is 0 Å². The zero-order valence-electron chi connectivity index (χ0n) is 8.49. The van der Waals surface area contributed by atoms with E-state index in [1.165, 1.54) is 0 Å². The highest BCUT2D eigenvalue weighted by Crippen LogP contribution is 2.21. The number of nitrogens with zero attached hydrogens (tertiary/aromatic N) is 1. The summed E-state index contributed by atoms with van der Waals surface area (Å²) < 4.78 is 0. The van der Waals surface area contributed by atoms with Gasteiger partial charge in [-0.2, -0.15) is 0 Å². The van der Waals surface area contributed by atoms with E-state index in [9.17, 15) is 0 Å². The van der Waals surface area contributed by atoms with E-state index in [0.717, 1.165) is 17.5 Å². The second-order valence-corrected chi connectivity index (χ2v) is 3.13. The van der Waals surface area contributed by atoms with Crippen molar-refractivity contribution in [3.05, 3.63) is 27.5 Å². The second kappa shape index (κ2) is 6.22. The minimum absolute atomic E-state index is 0.463. The molecule has 0 saturated heterocycles. The van der Waals surface area contributed by atoms with E-state index in [0.29, 0.717) is 10.3 Å². The molecule has 1 heterocycles. The van der Waals surface area contributed by atoms with E-state index in [1.807, 2.05) is 33.8 Å². The van der Waals surface area contributed by atoms with Crippen LogP contribution < -0.4 is 0 Å². The Balaban J connectivity index is 0.000000671. The van der Waals surface area contributed by atoms with Crippen molar-refractivity contribution in [2.75, 3.05) is 0 Å². The average Bonchev–Trinajstić information content (AvgIpc) is 2.07. The van der Waals surface area contributed by atoms with Crippen molar-refractivity contribution in [1.82, 2.24) is 4.98 Å². The average molecular weight is 220 g/mol. The summed E-state index contributed by atoms with van der Waals surface area (Å²) in [5.41, 5.74) is 2.19. The molecule has 0 aliphatic rings. The predicted octanol–water partition coefficient (Wildman–Crippen LogP) is 4.29. The Bertz CT molecular complexity index is 249. The molecule has 3 heteroatoms. The third-order valence-electron chi connectivity index (χ3n) is 1.62. The first-order chi connectivity index (χ1) is 6.15. The first-order valence-corrected chi connectivity index (χ1v) is 5.22. The highest BCUT2D eigenvalue weighted by atomic mass is 35.5. The standard InChI is InChI=1S/C8H9Cl2N.C2H6/c1-3-6-5(2)4-7(9)11-8(6)10;1-2/h4H,3H2,1-2H3;1-2H3. The lowest BCUT2D eigenvalue weighted by molar-refractivity contribution is 1.07. The molecular weight excluding hydrogens is 205 g/mol. The van der Waals surface area contributed by atoms with E-state index >= 15 is 0 Å². The molecule has 0 radical (unpaired) electrons. The molecular formula is C10H15Cl2N. The van der Waals surface area contributed by atoms with Crippen molar-refractivity contribution in [3.8, 4) is 0 Å². The van der Waals surface area contributed by atoms with Gasteiger partial charge in [0, 0.05) is 0 Å². The van der Waals surface area contributed by atoms with Crippen LogP contribution in [-0.4, -0.2) is 4.98 Å². The van der Waals surface area contributed by atoms with Gasteiger partial charge in [0.25, 0.3) is 0 Å². The van der Waals surface area contributed by atoms with Crippen molar-refractivity contribution in [2.24, 2.45) is 0 Å². The largest absolute Gasteiger partial charge is 0.224 e. The molecule has 0 bridgehead atoms. The highest BCUT2D eigenvalue weighted by Gasteiger charge is 2.04. The second-order valence-electron chi connectivity index (χ2n) is 2.38. The lowest BCUT2D eigenvalue weighted by Crippen LogP contribution is -1.91. The Labute approximate surface area is 90.1 Å². The first kappa shape index (κ1) is 12.7. The molecule has 0 atom stereocenters. The lowest BCUT2D eigenvalue weighted by Gasteiger charge is -2.04. The summed E-state index contributed by atoms with van der Waals surface area (Å²) in [6.45, 7) is 8.03. The van der Waals surface area contributed by atoms with Crippen LogP contribution in [-0.2, 0) is 6.42 Å². The van der Waals surface area contributed by atoms with Crippen LogP contribution in [0.25, 0.3) is 0 Å². The topological polar surface area (TPSA) is 12.9 Å². The summed E-state index contributed by atoms with van der Waals surface area (Å²) in [6.07, 6.45) is 0.898. The van der Waals surface area contributed by atoms with Gasteiger partial charge in [0.05, 0.1) is 0 Å². The summed E-state index contributed by atoms with van der Waals surface area (Å²) in [6, 6.07) is 1.83. The van der Waals surface area contributed by atoms with E-state index < -0.39 is 0 Å². The highest BCUT2D eigenvalue weighted by molar-refractivity contribution is 6.33. The van der Waals surface area contributed by atoms with Crippen molar-refractivity contribution in [3.63, 3.8) is 0 Å². The number of aryl methyl sites for hydroxylation is 1. The molecule has 0 aromatic carbocycles. The predicted molar refractivity (Wildman–Crippen MR) is 59.7 cm³/mol. The summed E-state index contributed by atoms with van der Waals surface area (Å²) >= 11 is 11.5. The molecule has 1 aromatic rings. The molecule has 0 spiro atoms. The summed E-state index contributed by atoms with van der Waals surface area (Å²) in [5, 5.41) is 0.988. The monoisotopic (exact) mass is 219 g/mol. The van der Waals surface area contributed by atoms with Crippen LogP contribution in [0.3, 0.4) is 0 Å². The number of rotatable bonds is 1. The Morgan fingerprint density at radius 3 is 2.23 bits per heavy atom. The third kappa shape index (κ3) is 3.53. The minimum Gasteiger partial charge on any atom is -0.224 e. The fraction of sp³-hybridized carbons (Fsp3) is 0.500. The van der Waals surface area contributed by atoms with Crippen LogP contribution in [0.5, 0.6) is 0 Å². The normalized spacial score (nSPS) is 9.08. The summed E-state index contributed by atoms with van der Waals surface area (Å²) in [7, 11) is 0. The molecule has 0 amide bonds. The zero-order valence-corrected chi connectivity index (χ0v) is 10.00. The van der Waals surface area contributed by atoms with Gasteiger partial charge >= 0.3 is 0 Å². The Morgan fingerprint density at radius 2 is 1.85 bits per heavy atom. The fourth-order valence-electron chi connectivity index (χ4n) is 1.05. The SMILES string of the molecule is CC.CCc1c(C)cc(Cl)nc1Cl. The van der Waals surface area contributed by atoms with Crippen LogP contribution in [0, 0.1) is 6.92 Å². The summed E-state index contributed by atoms with van der Waals surface area (Å²) in [5.74, 6) is 0. The molecule has 0 fully saturated rings. The number of aromatic nitrogens is 1. The Kier molecular flexibility index (Phi) is 6.10. The maximum absolute atomic E-state index is 5.84. The van der Waals surface area contributed by atoms with Crippen molar-refractivity contribution in [1.29, 1.82) is 0 Å². The molecule has 0 N–H and O–H groups in total. The van der Waals surface area contributed by atoms with Gasteiger partial charge in [-0.1, -0.05) is 44.0 Å². The van der Waals surface area contributed by atoms with Crippen molar-refractivity contribution >= 4 is 23.2 Å². The van der Waals surface area contributed by atoms with E-state index in [4.69, 9.17) is 23.2 Å². The molecule has 74 valence electrons. The molecule has 0 unspecified atom stereocenters. The number of halogens is 2. The molecule has 0 aliphatic carbocycles. The summed E-state index contributed by atoms with van der Waals surface area (Å²) in [4.78, 5) is 3.94. The molecule has 13 heavy (non-hydrogen) atoms. The number of pyridine rings is 1. The number of hydrogen-bond donors (Lipinski definition) is 0. The minimum atomic E-state index is 0.463. The van der Waals surface area contributed by atoms with Crippen LogP contribution in [0.15, 0.2) is 6.07 Å². The van der Waals surface area contributed by atoms with Crippen molar-refractivity contribution in [2.45, 2.75) is 34.1 Å². The Hall–Kier alpha value is -0.270. The van der Waals surface area contributed by atoms with Gasteiger partial charge in [-0.25, -0.2) is 4.98 Å². The molecule has 0 saturated carbocycles. The van der Waals surface area contributed by atoms with Gasteiger partial charge in [-0.15, -0.1) is 0 Å². The van der Waals surface area contributed by atoms with Crippen molar-refractivity contribution < 1.29 is 0 Å². The molecule has 1 aromatic heterocycles. The quantitative estimate of drug-likeness (QED) is 0.643. The van der Waals surface area contributed by atoms with Gasteiger partial charge in [0.1, 0.15) is 10.3 Å². The lowest BCUT2D eigenvalue weighted by atomic mass is 10.1. The smallest absolute Gasteiger partial charge is 0.134 e. The molecule has 1 nitrogen and oxygen atoms in total. The van der Waals surface area contributed by atoms with Crippen LogP contribution >= 0.6 is 23.2 Å². The number of hydrogen-bond acceptors (Lipinski definition) is 1. The van der Waals surface area contributed by atoms with Gasteiger partial charge in [-0.05, 0) is 30.5 Å². The van der Waals surface area contributed by atoms with Crippen LogP contribution in [0.1, 0.15) is 31.9 Å².